The normalized spacial score (nSPS) is 11.0. The molecule has 0 N–H and O–H groups in total. The first kappa shape index (κ1) is 37.1. The maximum Gasteiger partial charge on any atom is 0.194 e. The fourth-order valence-electron chi connectivity index (χ4n) is 8.21. The summed E-state index contributed by atoms with van der Waals surface area (Å²) in [7, 11) is 0. The lowest BCUT2D eigenvalue weighted by atomic mass is 10.0. The van der Waals surface area contributed by atoms with Gasteiger partial charge < -0.3 is 14.7 Å². The molecule has 0 fully saturated rings. The average molecular weight is 784 g/mol. The van der Waals surface area contributed by atoms with E-state index < -0.39 is 0 Å². The van der Waals surface area contributed by atoms with Crippen molar-refractivity contribution < 1.29 is 0 Å². The summed E-state index contributed by atoms with van der Waals surface area (Å²) in [6.45, 7) is 0. The Morgan fingerprint density at radius 1 is 0.230 bits per heavy atom. The van der Waals surface area contributed by atoms with Crippen LogP contribution in [0.15, 0.2) is 254 Å². The molecular formula is C57H41N3O. The highest BCUT2D eigenvalue weighted by Gasteiger charge is 2.18. The summed E-state index contributed by atoms with van der Waals surface area (Å²) in [5.74, 6) is 0. The lowest BCUT2D eigenvalue weighted by Gasteiger charge is -2.29. The molecule has 0 aliphatic rings. The summed E-state index contributed by atoms with van der Waals surface area (Å²) < 4.78 is 0. The van der Waals surface area contributed by atoms with Gasteiger partial charge >= 0.3 is 0 Å². The standard InChI is InChI=1S/C57H41N3O/c61-57-55-24-14-13-15-43(55)25-26-44-27-28-45(41-56(44)57)42-29-31-50(32-30-42)60(53-37-33-51(34-38-53)58(46-16-5-1-6-17-46)47-18-7-2-8-19-47)54-39-35-52(36-40-54)59(48-20-9-3-10-21-48)49-22-11-4-12-23-49/h1-41H. The Kier molecular flexibility index (Phi) is 10.1. The fraction of sp³-hybridized carbons (Fsp3) is 0. The summed E-state index contributed by atoms with van der Waals surface area (Å²) in [4.78, 5) is 20.6. The minimum atomic E-state index is 0.0447. The molecule has 0 atom stereocenters. The van der Waals surface area contributed by atoms with Crippen LogP contribution in [-0.4, -0.2) is 0 Å². The van der Waals surface area contributed by atoms with Crippen molar-refractivity contribution >= 4 is 72.7 Å². The van der Waals surface area contributed by atoms with Gasteiger partial charge in [0.05, 0.1) is 0 Å². The summed E-state index contributed by atoms with van der Waals surface area (Å²) in [5, 5.41) is 3.31. The quantitative estimate of drug-likeness (QED) is 0.138. The predicted octanol–water partition coefficient (Wildman–Crippen LogP) is 15.4. The van der Waals surface area contributed by atoms with Crippen molar-refractivity contribution in [3.05, 3.63) is 259 Å². The van der Waals surface area contributed by atoms with Crippen LogP contribution >= 0.6 is 0 Å². The average Bonchev–Trinajstić information content (AvgIpc) is 3.47. The third-order valence-corrected chi connectivity index (χ3v) is 11.2. The van der Waals surface area contributed by atoms with Crippen molar-refractivity contribution in [3.63, 3.8) is 0 Å². The second kappa shape index (κ2) is 16.6. The molecule has 0 aromatic heterocycles. The molecule has 0 heterocycles. The first-order valence-corrected chi connectivity index (χ1v) is 20.5. The molecule has 0 saturated heterocycles. The minimum absolute atomic E-state index is 0.0447. The Bertz CT molecular complexity index is 2920. The molecule has 10 aromatic carbocycles. The summed E-state index contributed by atoms with van der Waals surface area (Å²) in [6, 6.07) is 86.1. The summed E-state index contributed by atoms with van der Waals surface area (Å²) >= 11 is 0. The van der Waals surface area contributed by atoms with E-state index in [1.165, 1.54) is 0 Å². The van der Waals surface area contributed by atoms with Crippen LogP contribution in [0.2, 0.25) is 0 Å². The lowest BCUT2D eigenvalue weighted by Crippen LogP contribution is -2.13. The van der Waals surface area contributed by atoms with Crippen LogP contribution in [0.4, 0.5) is 51.2 Å². The highest BCUT2D eigenvalue weighted by atomic mass is 16.1. The van der Waals surface area contributed by atoms with Gasteiger partial charge in [-0.15, -0.1) is 0 Å². The number of nitrogens with zero attached hydrogens (tertiary/aromatic N) is 3. The Morgan fingerprint density at radius 2 is 0.508 bits per heavy atom. The molecule has 0 spiro atoms. The second-order valence-corrected chi connectivity index (χ2v) is 15.0. The largest absolute Gasteiger partial charge is 0.311 e. The molecule has 4 nitrogen and oxygen atoms in total. The molecule has 0 amide bonds. The molecule has 4 heteroatoms. The van der Waals surface area contributed by atoms with Gasteiger partial charge in [-0.25, -0.2) is 0 Å². The van der Waals surface area contributed by atoms with Crippen molar-refractivity contribution in [3.8, 4) is 11.1 Å². The van der Waals surface area contributed by atoms with Crippen molar-refractivity contribution in [2.75, 3.05) is 14.7 Å². The Labute approximate surface area is 356 Å². The van der Waals surface area contributed by atoms with Crippen LogP contribution in [0, 0.1) is 0 Å². The number of fused-ring (bicyclic) bond motifs is 2. The van der Waals surface area contributed by atoms with Crippen molar-refractivity contribution in [2.45, 2.75) is 0 Å². The van der Waals surface area contributed by atoms with Crippen LogP contribution in [0.1, 0.15) is 0 Å². The third-order valence-electron chi connectivity index (χ3n) is 11.2. The third kappa shape index (κ3) is 7.51. The first-order valence-electron chi connectivity index (χ1n) is 20.5. The van der Waals surface area contributed by atoms with Crippen molar-refractivity contribution in [1.82, 2.24) is 0 Å². The van der Waals surface area contributed by atoms with E-state index in [4.69, 9.17) is 0 Å². The molecule has 0 saturated carbocycles. The zero-order valence-corrected chi connectivity index (χ0v) is 33.4. The van der Waals surface area contributed by atoms with Gasteiger partial charge in [-0.3, -0.25) is 4.79 Å². The number of rotatable bonds is 10. The van der Waals surface area contributed by atoms with Gasteiger partial charge in [0.1, 0.15) is 0 Å². The Balaban J connectivity index is 1.05. The van der Waals surface area contributed by atoms with Crippen molar-refractivity contribution in [2.24, 2.45) is 0 Å². The van der Waals surface area contributed by atoms with Gasteiger partial charge in [0.25, 0.3) is 0 Å². The molecule has 0 aliphatic heterocycles. The van der Waals surface area contributed by atoms with Crippen LogP contribution < -0.4 is 20.1 Å². The molecular weight excluding hydrogens is 743 g/mol. The molecule has 0 unspecified atom stereocenters. The van der Waals surface area contributed by atoms with Crippen LogP contribution in [-0.2, 0) is 0 Å². The number of benzene rings is 9. The van der Waals surface area contributed by atoms with E-state index >= 15 is 0 Å². The summed E-state index contributed by atoms with van der Waals surface area (Å²) in [5.41, 5.74) is 11.6. The van der Waals surface area contributed by atoms with Gasteiger partial charge in [0.15, 0.2) is 5.43 Å². The van der Waals surface area contributed by atoms with Gasteiger partial charge in [-0.2, -0.15) is 0 Å². The monoisotopic (exact) mass is 783 g/mol. The maximum absolute atomic E-state index is 13.8. The number of hydrogen-bond donors (Lipinski definition) is 0. The SMILES string of the molecule is O=c1c2ccccc2ccc2ccc(-c3ccc(N(c4ccc(N(c5ccccc5)c5ccccc5)cc4)c4ccc(N(c5ccccc5)c5ccccc5)cc4)cc3)cc12. The van der Waals surface area contributed by atoms with Crippen molar-refractivity contribution in [1.29, 1.82) is 0 Å². The second-order valence-electron chi connectivity index (χ2n) is 15.0. The van der Waals surface area contributed by atoms with E-state index in [9.17, 15) is 4.79 Å². The van der Waals surface area contributed by atoms with E-state index in [1.807, 2.05) is 66.7 Å². The van der Waals surface area contributed by atoms with Crippen LogP contribution in [0.3, 0.4) is 0 Å². The Hall–Kier alpha value is -8.21. The smallest absolute Gasteiger partial charge is 0.194 e. The maximum atomic E-state index is 13.8. The van der Waals surface area contributed by atoms with E-state index in [0.29, 0.717) is 5.39 Å². The topological polar surface area (TPSA) is 26.8 Å². The molecule has 0 aliphatic carbocycles. The lowest BCUT2D eigenvalue weighted by molar-refractivity contribution is 1.24. The predicted molar refractivity (Wildman–Crippen MR) is 257 cm³/mol. The minimum Gasteiger partial charge on any atom is -0.311 e. The van der Waals surface area contributed by atoms with Gasteiger partial charge in [0.2, 0.25) is 0 Å². The van der Waals surface area contributed by atoms with Gasteiger partial charge in [0, 0.05) is 62.0 Å². The molecule has 10 aromatic rings. The fourth-order valence-corrected chi connectivity index (χ4v) is 8.21. The highest BCUT2D eigenvalue weighted by molar-refractivity contribution is 5.95. The zero-order valence-electron chi connectivity index (χ0n) is 33.4. The van der Waals surface area contributed by atoms with E-state index in [-0.39, 0.29) is 5.43 Å². The molecule has 290 valence electrons. The number of anilines is 9. The number of para-hydroxylation sites is 4. The van der Waals surface area contributed by atoms with Gasteiger partial charge in [-0.05, 0) is 137 Å². The van der Waals surface area contributed by atoms with E-state index in [1.54, 1.807) is 0 Å². The number of hydrogen-bond acceptors (Lipinski definition) is 4. The van der Waals surface area contributed by atoms with E-state index in [0.717, 1.165) is 78.5 Å². The van der Waals surface area contributed by atoms with E-state index in [2.05, 4.69) is 197 Å². The summed E-state index contributed by atoms with van der Waals surface area (Å²) in [6.07, 6.45) is 0. The molecule has 10 rings (SSSR count). The van der Waals surface area contributed by atoms with Crippen LogP contribution in [0.25, 0.3) is 32.7 Å². The first-order chi connectivity index (χ1) is 30.2. The Morgan fingerprint density at radius 3 is 0.902 bits per heavy atom. The molecule has 61 heavy (non-hydrogen) atoms. The van der Waals surface area contributed by atoms with Gasteiger partial charge in [-0.1, -0.05) is 133 Å². The highest BCUT2D eigenvalue weighted by Crippen LogP contribution is 2.41. The van der Waals surface area contributed by atoms with Crippen LogP contribution in [0.5, 0.6) is 0 Å². The molecule has 0 bridgehead atoms. The zero-order chi connectivity index (χ0) is 41.0. The molecule has 0 radical (unpaired) electrons.